The first-order chi connectivity index (χ1) is 6.97. The predicted octanol–water partition coefficient (Wildman–Crippen LogP) is 4.40. The minimum Gasteiger partial charge on any atom is -0.207 e. The summed E-state index contributed by atoms with van der Waals surface area (Å²) in [6.07, 6.45) is 0. The van der Waals surface area contributed by atoms with Crippen LogP contribution in [0.3, 0.4) is 0 Å². The lowest BCUT2D eigenvalue weighted by Crippen LogP contribution is -2.19. The summed E-state index contributed by atoms with van der Waals surface area (Å²) >= 11 is 1.95. The van der Waals surface area contributed by atoms with Crippen LogP contribution in [0, 0.1) is 5.82 Å². The molecule has 3 heteroatoms. The van der Waals surface area contributed by atoms with E-state index in [1.807, 2.05) is 23.9 Å². The van der Waals surface area contributed by atoms with Crippen LogP contribution in [0.5, 0.6) is 0 Å². The van der Waals surface area contributed by atoms with Crippen LogP contribution < -0.4 is 0 Å². The van der Waals surface area contributed by atoms with E-state index in [0.717, 1.165) is 5.75 Å². The summed E-state index contributed by atoms with van der Waals surface area (Å²) in [4.78, 5) is 0. The van der Waals surface area contributed by atoms with Crippen LogP contribution in [-0.2, 0) is 5.75 Å². The fraction of sp³-hybridized carbons (Fsp3) is 0.500. The standard InChI is InChI=1S/C12H19FSSi/c1-15(2,3)9-8-14-10-11-4-6-12(13)7-5-11/h4-7H,8-10H2,1-3H3. The minimum absolute atomic E-state index is 0.147. The van der Waals surface area contributed by atoms with Gasteiger partial charge in [-0.25, -0.2) is 4.39 Å². The first-order valence-corrected chi connectivity index (χ1v) is 10.2. The molecule has 0 saturated carbocycles. The number of rotatable bonds is 5. The number of benzene rings is 1. The topological polar surface area (TPSA) is 0 Å². The van der Waals surface area contributed by atoms with Crippen LogP contribution in [0.4, 0.5) is 4.39 Å². The van der Waals surface area contributed by atoms with Gasteiger partial charge in [-0.05, 0) is 29.5 Å². The van der Waals surface area contributed by atoms with Crippen LogP contribution in [-0.4, -0.2) is 13.8 Å². The third kappa shape index (κ3) is 6.00. The lowest BCUT2D eigenvalue weighted by Gasteiger charge is -2.14. The van der Waals surface area contributed by atoms with Crippen molar-refractivity contribution in [2.24, 2.45) is 0 Å². The fourth-order valence-corrected chi connectivity index (χ4v) is 4.75. The Labute approximate surface area is 97.3 Å². The molecular weight excluding hydrogens is 223 g/mol. The van der Waals surface area contributed by atoms with Crippen LogP contribution >= 0.6 is 11.8 Å². The molecule has 0 spiro atoms. The highest BCUT2D eigenvalue weighted by Crippen LogP contribution is 2.17. The zero-order valence-corrected chi connectivity index (χ0v) is 11.5. The average Bonchev–Trinajstić information content (AvgIpc) is 2.14. The summed E-state index contributed by atoms with van der Waals surface area (Å²) < 4.78 is 12.6. The Bertz CT molecular complexity index is 289. The van der Waals surface area contributed by atoms with Crippen LogP contribution in [0.15, 0.2) is 24.3 Å². The predicted molar refractivity (Wildman–Crippen MR) is 70.7 cm³/mol. The van der Waals surface area contributed by atoms with E-state index < -0.39 is 8.07 Å². The van der Waals surface area contributed by atoms with Crippen molar-refractivity contribution in [2.45, 2.75) is 31.4 Å². The van der Waals surface area contributed by atoms with E-state index in [1.165, 1.54) is 29.5 Å². The molecule has 0 atom stereocenters. The molecule has 1 rings (SSSR count). The number of hydrogen-bond donors (Lipinski definition) is 0. The second-order valence-corrected chi connectivity index (χ2v) is 11.7. The Balaban J connectivity index is 2.23. The van der Waals surface area contributed by atoms with Gasteiger partial charge in [-0.3, -0.25) is 0 Å². The molecule has 0 aliphatic carbocycles. The number of halogens is 1. The van der Waals surface area contributed by atoms with Crippen molar-refractivity contribution in [1.29, 1.82) is 0 Å². The maximum atomic E-state index is 12.6. The maximum absolute atomic E-state index is 12.6. The monoisotopic (exact) mass is 242 g/mol. The van der Waals surface area contributed by atoms with Gasteiger partial charge in [0, 0.05) is 13.8 Å². The highest BCUT2D eigenvalue weighted by molar-refractivity contribution is 7.98. The summed E-state index contributed by atoms with van der Waals surface area (Å²) in [5.74, 6) is 2.09. The van der Waals surface area contributed by atoms with E-state index >= 15 is 0 Å². The van der Waals surface area contributed by atoms with Gasteiger partial charge in [0.2, 0.25) is 0 Å². The van der Waals surface area contributed by atoms with Crippen molar-refractivity contribution in [2.75, 3.05) is 5.75 Å². The van der Waals surface area contributed by atoms with Gasteiger partial charge >= 0.3 is 0 Å². The molecule has 0 radical (unpaired) electrons. The highest BCUT2D eigenvalue weighted by atomic mass is 32.2. The molecule has 0 unspecified atom stereocenters. The molecule has 1 aromatic rings. The summed E-state index contributed by atoms with van der Waals surface area (Å²) in [6, 6.07) is 8.18. The molecule has 0 saturated heterocycles. The van der Waals surface area contributed by atoms with Gasteiger partial charge in [0.05, 0.1) is 0 Å². The van der Waals surface area contributed by atoms with Crippen molar-refractivity contribution in [3.63, 3.8) is 0 Å². The van der Waals surface area contributed by atoms with Gasteiger partial charge < -0.3 is 0 Å². The second-order valence-electron chi connectivity index (χ2n) is 4.99. The smallest absolute Gasteiger partial charge is 0.123 e. The largest absolute Gasteiger partial charge is 0.207 e. The Morgan fingerprint density at radius 1 is 1.13 bits per heavy atom. The van der Waals surface area contributed by atoms with Gasteiger partial charge in [0.25, 0.3) is 0 Å². The third-order valence-electron chi connectivity index (χ3n) is 2.18. The zero-order chi connectivity index (χ0) is 11.3. The van der Waals surface area contributed by atoms with Gasteiger partial charge in [-0.1, -0.05) is 31.8 Å². The quantitative estimate of drug-likeness (QED) is 0.545. The van der Waals surface area contributed by atoms with Crippen LogP contribution in [0.25, 0.3) is 0 Å². The van der Waals surface area contributed by atoms with E-state index in [4.69, 9.17) is 0 Å². The van der Waals surface area contributed by atoms with Gasteiger partial charge in [-0.2, -0.15) is 11.8 Å². The molecule has 15 heavy (non-hydrogen) atoms. The second kappa shape index (κ2) is 5.71. The minimum atomic E-state index is -0.885. The zero-order valence-electron chi connectivity index (χ0n) is 9.72. The molecule has 1 aromatic carbocycles. The van der Waals surface area contributed by atoms with Gasteiger partial charge in [0.15, 0.2) is 0 Å². The molecular formula is C12H19FSSi. The average molecular weight is 242 g/mol. The Kier molecular flexibility index (Phi) is 4.86. The van der Waals surface area contributed by atoms with Gasteiger partial charge in [-0.15, -0.1) is 0 Å². The molecule has 0 bridgehead atoms. The van der Waals surface area contributed by atoms with Crippen molar-refractivity contribution in [3.8, 4) is 0 Å². The van der Waals surface area contributed by atoms with E-state index in [9.17, 15) is 4.39 Å². The van der Waals surface area contributed by atoms with Crippen molar-refractivity contribution in [3.05, 3.63) is 35.6 Å². The molecule has 0 aliphatic heterocycles. The van der Waals surface area contributed by atoms with Gasteiger partial charge in [0.1, 0.15) is 5.82 Å². The first kappa shape index (κ1) is 12.8. The lowest BCUT2D eigenvalue weighted by molar-refractivity contribution is 0.627. The Hall–Kier alpha value is -0.283. The summed E-state index contributed by atoms with van der Waals surface area (Å²) in [5, 5.41) is 0. The van der Waals surface area contributed by atoms with Crippen molar-refractivity contribution >= 4 is 19.8 Å². The molecule has 0 N–H and O–H groups in total. The maximum Gasteiger partial charge on any atom is 0.123 e. The first-order valence-electron chi connectivity index (χ1n) is 5.29. The summed E-state index contributed by atoms with van der Waals surface area (Å²) in [7, 11) is -0.885. The highest BCUT2D eigenvalue weighted by Gasteiger charge is 2.11. The molecule has 0 amide bonds. The Morgan fingerprint density at radius 2 is 1.73 bits per heavy atom. The van der Waals surface area contributed by atoms with Crippen LogP contribution in [0.1, 0.15) is 5.56 Å². The normalized spacial score (nSPS) is 11.7. The third-order valence-corrected chi connectivity index (χ3v) is 5.32. The molecule has 0 aromatic heterocycles. The molecule has 0 aliphatic rings. The SMILES string of the molecule is C[Si](C)(C)CCSCc1ccc(F)cc1. The number of thioether (sulfide) groups is 1. The van der Waals surface area contributed by atoms with Crippen molar-refractivity contribution < 1.29 is 4.39 Å². The summed E-state index contributed by atoms with van der Waals surface area (Å²) in [5.41, 5.74) is 1.22. The van der Waals surface area contributed by atoms with E-state index in [2.05, 4.69) is 19.6 Å². The molecule has 0 heterocycles. The molecule has 0 nitrogen and oxygen atoms in total. The van der Waals surface area contributed by atoms with E-state index in [1.54, 1.807) is 0 Å². The fourth-order valence-electron chi connectivity index (χ4n) is 1.15. The van der Waals surface area contributed by atoms with E-state index in [0.29, 0.717) is 0 Å². The summed E-state index contributed by atoms with van der Waals surface area (Å²) in [6.45, 7) is 7.18. The molecule has 84 valence electrons. The van der Waals surface area contributed by atoms with Crippen molar-refractivity contribution in [1.82, 2.24) is 0 Å². The lowest BCUT2D eigenvalue weighted by atomic mass is 10.2. The number of hydrogen-bond acceptors (Lipinski definition) is 1. The van der Waals surface area contributed by atoms with Crippen LogP contribution in [0.2, 0.25) is 25.7 Å². The molecule has 0 fully saturated rings. The van der Waals surface area contributed by atoms with E-state index in [-0.39, 0.29) is 5.82 Å². The Morgan fingerprint density at radius 3 is 2.27 bits per heavy atom.